The molecule has 0 aliphatic carbocycles. The van der Waals surface area contributed by atoms with Crippen LogP contribution >= 0.6 is 11.3 Å². The van der Waals surface area contributed by atoms with Crippen LogP contribution in [-0.4, -0.2) is 27.6 Å². The van der Waals surface area contributed by atoms with E-state index in [0.29, 0.717) is 0 Å². The molecule has 1 radical (unpaired) electrons. The van der Waals surface area contributed by atoms with Gasteiger partial charge in [0, 0.05) is 44.2 Å². The van der Waals surface area contributed by atoms with Crippen molar-refractivity contribution in [2.75, 3.05) is 0 Å². The van der Waals surface area contributed by atoms with Crippen molar-refractivity contribution < 1.29 is 20.1 Å². The molecular formula is C40H42IrN4SSi-2. The van der Waals surface area contributed by atoms with E-state index in [1.165, 1.54) is 42.0 Å². The second-order valence-corrected chi connectivity index (χ2v) is 20.6. The summed E-state index contributed by atoms with van der Waals surface area (Å²) in [6.07, 6.45) is 6.86. The number of pyridine rings is 2. The van der Waals surface area contributed by atoms with E-state index in [1.54, 1.807) is 6.20 Å². The first-order chi connectivity index (χ1) is 21.8. The Morgan fingerprint density at radius 3 is 2.43 bits per heavy atom. The third-order valence-electron chi connectivity index (χ3n) is 8.31. The summed E-state index contributed by atoms with van der Waals surface area (Å²) in [5.74, 6) is 0.941. The Hall–Kier alpha value is -3.48. The number of hydrogen-bond donors (Lipinski definition) is 0. The monoisotopic (exact) mass is 831 g/mol. The Morgan fingerprint density at radius 2 is 1.74 bits per heavy atom. The summed E-state index contributed by atoms with van der Waals surface area (Å²) in [4.78, 5) is 13.8. The molecule has 0 saturated heterocycles. The van der Waals surface area contributed by atoms with Crippen LogP contribution in [0.25, 0.3) is 53.9 Å². The van der Waals surface area contributed by atoms with Crippen molar-refractivity contribution in [1.82, 2.24) is 19.5 Å². The number of rotatable bonds is 4. The number of thiophene rings is 1. The van der Waals surface area contributed by atoms with Gasteiger partial charge in [-0.1, -0.05) is 82.0 Å². The predicted molar refractivity (Wildman–Crippen MR) is 200 cm³/mol. The van der Waals surface area contributed by atoms with Gasteiger partial charge in [-0.25, -0.2) is 0 Å². The number of imidazole rings is 1. The number of benzene rings is 3. The summed E-state index contributed by atoms with van der Waals surface area (Å²) in [5, 5.41) is 4.12. The molecule has 7 aromatic rings. The zero-order valence-corrected chi connectivity index (χ0v) is 33.0. The third-order valence-corrected chi connectivity index (χ3v) is 11.5. The minimum Gasteiger partial charge on any atom is -0.366 e. The molecule has 0 aliphatic rings. The Morgan fingerprint density at radius 1 is 0.957 bits per heavy atom. The van der Waals surface area contributed by atoms with Gasteiger partial charge in [0.25, 0.3) is 0 Å². The van der Waals surface area contributed by atoms with Crippen molar-refractivity contribution in [3.63, 3.8) is 0 Å². The number of hydrogen-bond acceptors (Lipinski definition) is 4. The van der Waals surface area contributed by atoms with Crippen LogP contribution in [0.3, 0.4) is 0 Å². The summed E-state index contributed by atoms with van der Waals surface area (Å²) in [5.41, 5.74) is 9.48. The van der Waals surface area contributed by atoms with E-state index < -0.39 is 8.07 Å². The fraction of sp³-hybridized carbons (Fsp3) is 0.275. The van der Waals surface area contributed by atoms with Gasteiger partial charge in [0.1, 0.15) is 0 Å². The second-order valence-electron chi connectivity index (χ2n) is 14.5. The summed E-state index contributed by atoms with van der Waals surface area (Å²) in [6, 6.07) is 27.8. The molecular weight excluding hydrogens is 789 g/mol. The van der Waals surface area contributed by atoms with Crippen molar-refractivity contribution in [2.24, 2.45) is 12.5 Å². The van der Waals surface area contributed by atoms with Crippen molar-refractivity contribution in [3.05, 3.63) is 108 Å². The largest absolute Gasteiger partial charge is 0.366 e. The zero-order chi connectivity index (χ0) is 32.8. The minimum absolute atomic E-state index is 0. The molecule has 7 heteroatoms. The molecule has 0 saturated carbocycles. The van der Waals surface area contributed by atoms with Gasteiger partial charge >= 0.3 is 0 Å². The van der Waals surface area contributed by atoms with Crippen molar-refractivity contribution >= 4 is 55.8 Å². The van der Waals surface area contributed by atoms with Crippen LogP contribution in [0.2, 0.25) is 19.6 Å². The van der Waals surface area contributed by atoms with Crippen LogP contribution in [0, 0.1) is 31.4 Å². The smallest absolute Gasteiger partial charge is 0.0801 e. The summed E-state index contributed by atoms with van der Waals surface area (Å²) >= 11 is 1.83. The van der Waals surface area contributed by atoms with Crippen LogP contribution in [0.1, 0.15) is 37.5 Å². The molecule has 0 N–H and O–H groups in total. The van der Waals surface area contributed by atoms with Crippen molar-refractivity contribution in [1.29, 1.82) is 0 Å². The quantitative estimate of drug-likeness (QED) is 0.131. The maximum absolute atomic E-state index is 4.85. The first kappa shape index (κ1) is 34.8. The Kier molecular flexibility index (Phi) is 10.1. The average molecular weight is 831 g/mol. The van der Waals surface area contributed by atoms with Crippen LogP contribution in [-0.2, 0) is 33.6 Å². The second kappa shape index (κ2) is 13.6. The van der Waals surface area contributed by atoms with Gasteiger partial charge in [-0.15, -0.1) is 53.6 Å². The van der Waals surface area contributed by atoms with Gasteiger partial charge in [-0.2, -0.15) is 11.3 Å². The molecule has 243 valence electrons. The van der Waals surface area contributed by atoms with Crippen LogP contribution in [0.5, 0.6) is 0 Å². The maximum Gasteiger partial charge on any atom is 0.0801 e. The standard InChI is InChI=1S/C21H16N3S.C19H26NSi.Ir/c1-12-4-6-14-18(10-12)25-20-15(7-5-13(2)19(14)20)21-23-16-8-9-22-11-17(16)24(21)3;1-19(2,3)13-16-12-17(15-10-8-7-9-11-15)20-14-18(16)21(4,5)6;/h4-6,8-11H,1-3H3;7-10,12,14H,13H2,1-6H3;/q2*-1;. The van der Waals surface area contributed by atoms with Crippen molar-refractivity contribution in [3.8, 4) is 22.6 Å². The molecule has 0 unspecified atom stereocenters. The minimum atomic E-state index is -1.37. The molecule has 0 bridgehead atoms. The van der Waals surface area contributed by atoms with Gasteiger partial charge in [0.15, 0.2) is 0 Å². The van der Waals surface area contributed by atoms with E-state index in [2.05, 4.69) is 119 Å². The molecule has 4 heterocycles. The molecule has 0 aliphatic heterocycles. The number of fused-ring (bicyclic) bond motifs is 4. The fourth-order valence-corrected chi connectivity index (χ4v) is 9.05. The average Bonchev–Trinajstić information content (AvgIpc) is 3.55. The number of aromatic nitrogens is 4. The van der Waals surface area contributed by atoms with Crippen molar-refractivity contribution in [2.45, 2.75) is 60.7 Å². The molecule has 4 nitrogen and oxygen atoms in total. The predicted octanol–water partition coefficient (Wildman–Crippen LogP) is 10.1. The number of aryl methyl sites for hydroxylation is 3. The van der Waals surface area contributed by atoms with E-state index in [-0.39, 0.29) is 25.5 Å². The topological polar surface area (TPSA) is 43.6 Å². The normalized spacial score (nSPS) is 11.9. The Balaban J connectivity index is 0.000000184. The summed E-state index contributed by atoms with van der Waals surface area (Å²) in [6.45, 7) is 18.4. The molecule has 0 spiro atoms. The fourth-order valence-electron chi connectivity index (χ4n) is 6.10. The van der Waals surface area contributed by atoms with Crippen LogP contribution < -0.4 is 5.19 Å². The van der Waals surface area contributed by atoms with E-state index >= 15 is 0 Å². The van der Waals surface area contributed by atoms with E-state index in [1.807, 2.05) is 48.8 Å². The molecule has 0 atom stereocenters. The van der Waals surface area contributed by atoms with Gasteiger partial charge in [-0.05, 0) is 57.4 Å². The Bertz CT molecular complexity index is 2190. The molecule has 0 amide bonds. The van der Waals surface area contributed by atoms with Crippen LogP contribution in [0.4, 0.5) is 0 Å². The van der Waals surface area contributed by atoms with E-state index in [4.69, 9.17) is 9.97 Å². The first-order valence-electron chi connectivity index (χ1n) is 15.9. The molecule has 4 aromatic heterocycles. The summed E-state index contributed by atoms with van der Waals surface area (Å²) in [7, 11) is 0.671. The molecule has 0 fully saturated rings. The van der Waals surface area contributed by atoms with E-state index in [0.717, 1.165) is 40.1 Å². The van der Waals surface area contributed by atoms with Gasteiger partial charge in [0.2, 0.25) is 0 Å². The molecule has 7 rings (SSSR count). The zero-order valence-electron chi connectivity index (χ0n) is 28.7. The van der Waals surface area contributed by atoms with E-state index in [9.17, 15) is 0 Å². The summed E-state index contributed by atoms with van der Waals surface area (Å²) < 4.78 is 4.69. The van der Waals surface area contributed by atoms with Crippen LogP contribution in [0.15, 0.2) is 79.3 Å². The number of nitrogens with zero attached hydrogens (tertiary/aromatic N) is 4. The van der Waals surface area contributed by atoms with Gasteiger partial charge in [-0.3, -0.25) is 9.97 Å². The SMILES string of the molecule is CC(C)(C)Cc1cc(-c2[c-]cccc2)ncc1[Si](C)(C)C.Cc1ccc2c(c1)sc1c(-c3nc4ccncc4n3C)[c-]cc(C)c12.[Ir]. The molecule has 47 heavy (non-hydrogen) atoms. The Labute approximate surface area is 297 Å². The van der Waals surface area contributed by atoms with Gasteiger partial charge in [0.05, 0.1) is 31.1 Å². The maximum atomic E-state index is 4.85. The third kappa shape index (κ3) is 7.34. The van der Waals surface area contributed by atoms with Gasteiger partial charge < -0.3 is 9.55 Å². The molecule has 3 aromatic carbocycles. The first-order valence-corrected chi connectivity index (χ1v) is 20.2.